The molecule has 328 valence electrons. The fourth-order valence-electron chi connectivity index (χ4n) is 5.76. The molecular formula is C48H84NO7P. The summed E-state index contributed by atoms with van der Waals surface area (Å²) in [6, 6.07) is 0. The third kappa shape index (κ3) is 44.6. The Balaban J connectivity index is 4.13. The highest BCUT2D eigenvalue weighted by atomic mass is 31.2. The standard InChI is InChI=1S/C48H84NO7P/c1-3-5-7-9-11-13-15-17-19-21-22-23-24-25-26-28-30-32-34-36-38-40-43-53-45-47(46-55-57(51,52)54-44-42-49)56-48(50)41-39-37-35-33-31-29-27-20-18-16-14-12-10-8-6-4-2/h5,7,11,13,17,19-20,22-23,25-27,30,32,47H,3-4,6,8-10,12,14-16,18,21,24,28-29,31,33-46,49H2,1-2H3,(H,51,52)/b7-5-,13-11-,19-17-,23-22-,26-25-,27-20-,32-30-. The second kappa shape index (κ2) is 44.8. The molecule has 57 heavy (non-hydrogen) atoms. The average molecular weight is 818 g/mol. The van der Waals surface area contributed by atoms with Gasteiger partial charge in [0.25, 0.3) is 0 Å². The number of carbonyl (C=O) groups is 1. The molecule has 0 aliphatic rings. The van der Waals surface area contributed by atoms with E-state index in [0.717, 1.165) is 96.3 Å². The Hall–Kier alpha value is -2.32. The minimum absolute atomic E-state index is 0.0856. The molecule has 0 radical (unpaired) electrons. The van der Waals surface area contributed by atoms with Gasteiger partial charge in [0.15, 0.2) is 0 Å². The van der Waals surface area contributed by atoms with Crippen LogP contribution in [0.4, 0.5) is 0 Å². The molecule has 8 nitrogen and oxygen atoms in total. The fraction of sp³-hybridized carbons (Fsp3) is 0.688. The molecule has 9 heteroatoms. The highest BCUT2D eigenvalue weighted by molar-refractivity contribution is 7.47. The van der Waals surface area contributed by atoms with Gasteiger partial charge in [0.1, 0.15) is 6.10 Å². The normalized spacial score (nSPS) is 14.2. The van der Waals surface area contributed by atoms with Crippen LogP contribution in [0.3, 0.4) is 0 Å². The maximum absolute atomic E-state index is 12.6. The Kier molecular flexibility index (Phi) is 43.0. The zero-order chi connectivity index (χ0) is 41.6. The summed E-state index contributed by atoms with van der Waals surface area (Å²) in [5.41, 5.74) is 5.37. The van der Waals surface area contributed by atoms with Crippen LogP contribution in [-0.2, 0) is 27.9 Å². The number of phosphoric acid groups is 1. The first kappa shape index (κ1) is 54.7. The lowest BCUT2D eigenvalue weighted by Gasteiger charge is -2.20. The van der Waals surface area contributed by atoms with Gasteiger partial charge < -0.3 is 20.1 Å². The Labute approximate surface area is 349 Å². The van der Waals surface area contributed by atoms with Crippen molar-refractivity contribution in [1.29, 1.82) is 0 Å². The second-order valence-electron chi connectivity index (χ2n) is 14.5. The van der Waals surface area contributed by atoms with Gasteiger partial charge in [-0.2, -0.15) is 0 Å². The number of esters is 1. The minimum atomic E-state index is -4.30. The van der Waals surface area contributed by atoms with Crippen molar-refractivity contribution in [3.05, 3.63) is 85.1 Å². The molecule has 0 aliphatic heterocycles. The number of unbranched alkanes of at least 4 members (excludes halogenated alkanes) is 15. The number of ether oxygens (including phenoxy) is 2. The van der Waals surface area contributed by atoms with Crippen LogP contribution in [0.5, 0.6) is 0 Å². The van der Waals surface area contributed by atoms with E-state index in [1.165, 1.54) is 57.8 Å². The molecule has 0 heterocycles. The van der Waals surface area contributed by atoms with Gasteiger partial charge in [-0.1, -0.05) is 163 Å². The minimum Gasteiger partial charge on any atom is -0.457 e. The van der Waals surface area contributed by atoms with Crippen LogP contribution in [0, 0.1) is 0 Å². The first-order valence-electron chi connectivity index (χ1n) is 22.6. The van der Waals surface area contributed by atoms with Gasteiger partial charge >= 0.3 is 13.8 Å². The second-order valence-corrected chi connectivity index (χ2v) is 16.0. The van der Waals surface area contributed by atoms with Crippen molar-refractivity contribution in [2.24, 2.45) is 5.73 Å². The quantitative estimate of drug-likeness (QED) is 0.0271. The van der Waals surface area contributed by atoms with E-state index in [1.54, 1.807) is 0 Å². The van der Waals surface area contributed by atoms with Gasteiger partial charge in [0.2, 0.25) is 0 Å². The lowest BCUT2D eigenvalue weighted by Crippen LogP contribution is -2.28. The van der Waals surface area contributed by atoms with Crippen LogP contribution in [0.25, 0.3) is 0 Å². The average Bonchev–Trinajstić information content (AvgIpc) is 3.20. The molecule has 3 N–H and O–H groups in total. The Bertz CT molecular complexity index is 1140. The lowest BCUT2D eigenvalue weighted by molar-refractivity contribution is -0.154. The van der Waals surface area contributed by atoms with Gasteiger partial charge in [-0.05, 0) is 89.9 Å². The maximum atomic E-state index is 12.6. The van der Waals surface area contributed by atoms with Gasteiger partial charge in [-0.3, -0.25) is 13.8 Å². The number of hydrogen-bond acceptors (Lipinski definition) is 7. The molecule has 0 bridgehead atoms. The fourth-order valence-corrected chi connectivity index (χ4v) is 6.52. The summed E-state index contributed by atoms with van der Waals surface area (Å²) < 4.78 is 33.4. The van der Waals surface area contributed by atoms with E-state index in [0.29, 0.717) is 13.0 Å². The Morgan fingerprint density at radius 1 is 0.544 bits per heavy atom. The van der Waals surface area contributed by atoms with Crippen molar-refractivity contribution < 1.29 is 32.8 Å². The van der Waals surface area contributed by atoms with Crippen LogP contribution in [0.15, 0.2) is 85.1 Å². The summed E-state index contributed by atoms with van der Waals surface area (Å²) in [4.78, 5) is 22.5. The van der Waals surface area contributed by atoms with Crippen molar-refractivity contribution >= 4 is 13.8 Å². The van der Waals surface area contributed by atoms with Gasteiger partial charge in [0, 0.05) is 19.6 Å². The molecule has 2 unspecified atom stereocenters. The summed E-state index contributed by atoms with van der Waals surface area (Å²) in [6.07, 6.45) is 57.5. The van der Waals surface area contributed by atoms with E-state index in [1.807, 2.05) is 0 Å². The largest absolute Gasteiger partial charge is 0.472 e. The number of rotatable bonds is 42. The Morgan fingerprint density at radius 3 is 1.49 bits per heavy atom. The van der Waals surface area contributed by atoms with Crippen LogP contribution in [-0.4, -0.2) is 49.9 Å². The highest BCUT2D eigenvalue weighted by Gasteiger charge is 2.25. The first-order valence-corrected chi connectivity index (χ1v) is 24.1. The number of nitrogens with two attached hydrogens (primary N) is 1. The topological polar surface area (TPSA) is 117 Å². The van der Waals surface area contributed by atoms with E-state index in [4.69, 9.17) is 24.3 Å². The maximum Gasteiger partial charge on any atom is 0.472 e. The summed E-state index contributed by atoms with van der Waals surface area (Å²) in [5, 5.41) is 0. The molecule has 0 fully saturated rings. The molecule has 0 amide bonds. The molecule has 0 spiro atoms. The molecule has 0 aromatic rings. The Morgan fingerprint density at radius 2 is 0.982 bits per heavy atom. The van der Waals surface area contributed by atoms with Crippen LogP contribution in [0.2, 0.25) is 0 Å². The van der Waals surface area contributed by atoms with Gasteiger partial charge in [-0.25, -0.2) is 4.57 Å². The summed E-state index contributed by atoms with van der Waals surface area (Å²) >= 11 is 0. The molecule has 0 aromatic carbocycles. The molecule has 0 saturated heterocycles. The number of carbonyl (C=O) groups excluding carboxylic acids is 1. The van der Waals surface area contributed by atoms with Crippen LogP contribution in [0.1, 0.15) is 174 Å². The molecule has 0 aromatic heterocycles. The SMILES string of the molecule is CC/C=C\C/C=C\C/C=C\C/C=C\C/C=C\C/C=C\CCCCCOCC(COP(=O)(O)OCCN)OC(=O)CCCCCCC/C=C\CCCCCCCCC. The molecule has 0 rings (SSSR count). The summed E-state index contributed by atoms with van der Waals surface area (Å²) in [6.45, 7) is 4.69. The van der Waals surface area contributed by atoms with Gasteiger partial charge in [-0.15, -0.1) is 0 Å². The smallest absolute Gasteiger partial charge is 0.457 e. The number of allylic oxidation sites excluding steroid dienone is 14. The van der Waals surface area contributed by atoms with Crippen molar-refractivity contribution in [3.8, 4) is 0 Å². The van der Waals surface area contributed by atoms with Crippen molar-refractivity contribution in [2.45, 2.75) is 180 Å². The van der Waals surface area contributed by atoms with E-state index >= 15 is 0 Å². The van der Waals surface area contributed by atoms with Crippen LogP contribution < -0.4 is 5.73 Å². The third-order valence-corrected chi connectivity index (χ3v) is 10.0. The molecule has 2 atom stereocenters. The van der Waals surface area contributed by atoms with Crippen LogP contribution >= 0.6 is 7.82 Å². The zero-order valence-corrected chi connectivity index (χ0v) is 37.2. The van der Waals surface area contributed by atoms with E-state index in [9.17, 15) is 14.3 Å². The van der Waals surface area contributed by atoms with Gasteiger partial charge in [0.05, 0.1) is 19.8 Å². The zero-order valence-electron chi connectivity index (χ0n) is 36.3. The number of phosphoric ester groups is 1. The predicted octanol–water partition coefficient (Wildman–Crippen LogP) is 13.7. The first-order chi connectivity index (χ1) is 27.9. The monoisotopic (exact) mass is 818 g/mol. The van der Waals surface area contributed by atoms with E-state index < -0.39 is 13.9 Å². The number of hydrogen-bond donors (Lipinski definition) is 2. The molecule has 0 saturated carbocycles. The predicted molar refractivity (Wildman–Crippen MR) is 242 cm³/mol. The molecule has 0 aliphatic carbocycles. The summed E-state index contributed by atoms with van der Waals surface area (Å²) in [7, 11) is -4.30. The van der Waals surface area contributed by atoms with Crippen molar-refractivity contribution in [3.63, 3.8) is 0 Å². The van der Waals surface area contributed by atoms with E-state index in [-0.39, 0.29) is 32.3 Å². The lowest BCUT2D eigenvalue weighted by atomic mass is 10.1. The van der Waals surface area contributed by atoms with Crippen molar-refractivity contribution in [2.75, 3.05) is 33.0 Å². The highest BCUT2D eigenvalue weighted by Crippen LogP contribution is 2.43. The summed E-state index contributed by atoms with van der Waals surface area (Å²) in [5.74, 6) is -0.354. The molecular weight excluding hydrogens is 734 g/mol. The van der Waals surface area contributed by atoms with E-state index in [2.05, 4.69) is 98.9 Å². The third-order valence-electron chi connectivity index (χ3n) is 9.05. The van der Waals surface area contributed by atoms with Crippen molar-refractivity contribution in [1.82, 2.24) is 0 Å².